The van der Waals surface area contributed by atoms with Crippen molar-refractivity contribution >= 4 is 26.7 Å². The smallest absolute Gasteiger partial charge is 0.251 e. The van der Waals surface area contributed by atoms with E-state index in [1.165, 1.54) is 6.20 Å². The second-order valence-electron chi connectivity index (χ2n) is 3.03. The number of pyridine rings is 1. The Balaban J connectivity index is 2.68. The van der Waals surface area contributed by atoms with Crippen LogP contribution in [0.2, 0.25) is 0 Å². The summed E-state index contributed by atoms with van der Waals surface area (Å²) in [5, 5.41) is 1.19. The van der Waals surface area contributed by atoms with E-state index < -0.39 is 11.9 Å². The van der Waals surface area contributed by atoms with Gasteiger partial charge in [0, 0.05) is 16.1 Å². The highest BCUT2D eigenvalue weighted by molar-refractivity contribution is 9.10. The second-order valence-corrected chi connectivity index (χ2v) is 3.88. The fourth-order valence-corrected chi connectivity index (χ4v) is 1.77. The maximum atomic E-state index is 12.3. The van der Waals surface area contributed by atoms with Crippen molar-refractivity contribution in [3.05, 3.63) is 40.6 Å². The quantitative estimate of drug-likeness (QED) is 0.708. The molecule has 0 saturated carbocycles. The van der Waals surface area contributed by atoms with Gasteiger partial charge in [-0.15, -0.1) is 0 Å². The van der Waals surface area contributed by atoms with Crippen LogP contribution in [-0.4, -0.2) is 4.98 Å². The van der Waals surface area contributed by atoms with Gasteiger partial charge >= 0.3 is 6.18 Å². The van der Waals surface area contributed by atoms with Crippen LogP contribution in [0.15, 0.2) is 34.9 Å². The van der Waals surface area contributed by atoms with Gasteiger partial charge in [-0.2, -0.15) is 13.2 Å². The molecule has 0 saturated heterocycles. The lowest BCUT2D eigenvalue weighted by Gasteiger charge is -2.07. The van der Waals surface area contributed by atoms with Crippen molar-refractivity contribution in [1.29, 1.82) is 0 Å². The van der Waals surface area contributed by atoms with Gasteiger partial charge in [0.1, 0.15) is 5.69 Å². The maximum Gasteiger partial charge on any atom is 0.433 e. The van der Waals surface area contributed by atoms with Gasteiger partial charge in [0.25, 0.3) is 0 Å². The minimum atomic E-state index is -4.39. The predicted molar refractivity (Wildman–Crippen MR) is 54.4 cm³/mol. The van der Waals surface area contributed by atoms with E-state index in [0.29, 0.717) is 10.8 Å². The molecule has 0 aliphatic rings. The highest BCUT2D eigenvalue weighted by atomic mass is 79.9. The van der Waals surface area contributed by atoms with Crippen molar-refractivity contribution in [3.8, 4) is 0 Å². The van der Waals surface area contributed by atoms with Gasteiger partial charge in [-0.1, -0.05) is 28.1 Å². The third-order valence-electron chi connectivity index (χ3n) is 2.00. The number of benzene rings is 1. The number of nitrogens with zero attached hydrogens (tertiary/aromatic N) is 1. The number of halogens is 4. The number of alkyl halides is 3. The first-order chi connectivity index (χ1) is 6.98. The van der Waals surface area contributed by atoms with Crippen LogP contribution in [-0.2, 0) is 6.18 Å². The Labute approximate surface area is 92.1 Å². The Morgan fingerprint density at radius 3 is 2.60 bits per heavy atom. The Hall–Kier alpha value is -1.10. The molecule has 0 fully saturated rings. The summed E-state index contributed by atoms with van der Waals surface area (Å²) in [6.45, 7) is 0. The molecule has 0 spiro atoms. The molecule has 0 aliphatic carbocycles. The van der Waals surface area contributed by atoms with E-state index in [9.17, 15) is 13.2 Å². The molecule has 2 rings (SSSR count). The molecule has 2 aromatic rings. The lowest BCUT2D eigenvalue weighted by Crippen LogP contribution is -2.07. The topological polar surface area (TPSA) is 12.9 Å². The summed E-state index contributed by atoms with van der Waals surface area (Å²) in [6, 6.07) is 6.11. The van der Waals surface area contributed by atoms with Crippen molar-refractivity contribution in [3.63, 3.8) is 0 Å². The van der Waals surface area contributed by atoms with Gasteiger partial charge in [-0.25, -0.2) is 0 Å². The standard InChI is InChI=1S/C10H5BrF3N/c11-8-3-1-2-6-4-9(10(12,13)14)15-5-7(6)8/h1-5H. The Morgan fingerprint density at radius 2 is 1.93 bits per heavy atom. The molecule has 0 atom stereocenters. The van der Waals surface area contributed by atoms with Crippen LogP contribution < -0.4 is 0 Å². The van der Waals surface area contributed by atoms with Crippen molar-refractivity contribution in [2.24, 2.45) is 0 Å². The molecule has 78 valence electrons. The Kier molecular flexibility index (Phi) is 2.42. The number of hydrogen-bond donors (Lipinski definition) is 0. The molecule has 0 amide bonds. The average molecular weight is 276 g/mol. The highest BCUT2D eigenvalue weighted by Crippen LogP contribution is 2.31. The normalized spacial score (nSPS) is 12.0. The first-order valence-electron chi connectivity index (χ1n) is 4.10. The minimum absolute atomic E-state index is 0.520. The van der Waals surface area contributed by atoms with Crippen LogP contribution in [0.5, 0.6) is 0 Å². The summed E-state index contributed by atoms with van der Waals surface area (Å²) in [5.41, 5.74) is -0.868. The van der Waals surface area contributed by atoms with Crippen LogP contribution in [0.1, 0.15) is 5.69 Å². The molecule has 0 radical (unpaired) electrons. The fraction of sp³-hybridized carbons (Fsp3) is 0.100. The zero-order valence-corrected chi connectivity index (χ0v) is 8.93. The molecule has 1 heterocycles. The SMILES string of the molecule is FC(F)(F)c1cc2cccc(Br)c2cn1. The zero-order chi connectivity index (χ0) is 11.1. The van der Waals surface area contributed by atoms with E-state index in [-0.39, 0.29) is 0 Å². The van der Waals surface area contributed by atoms with Crippen molar-refractivity contribution in [1.82, 2.24) is 4.98 Å². The van der Waals surface area contributed by atoms with E-state index in [0.717, 1.165) is 10.5 Å². The van der Waals surface area contributed by atoms with Crippen LogP contribution >= 0.6 is 15.9 Å². The van der Waals surface area contributed by atoms with Crippen molar-refractivity contribution < 1.29 is 13.2 Å². The molecule has 0 unspecified atom stereocenters. The monoisotopic (exact) mass is 275 g/mol. The number of aromatic nitrogens is 1. The van der Waals surface area contributed by atoms with Crippen molar-refractivity contribution in [2.75, 3.05) is 0 Å². The Morgan fingerprint density at radius 1 is 1.20 bits per heavy atom. The number of rotatable bonds is 0. The molecular weight excluding hydrogens is 271 g/mol. The summed E-state index contributed by atoms with van der Waals surface area (Å²) in [7, 11) is 0. The highest BCUT2D eigenvalue weighted by Gasteiger charge is 2.32. The molecule has 0 N–H and O–H groups in total. The number of hydrogen-bond acceptors (Lipinski definition) is 1. The van der Waals surface area contributed by atoms with Crippen molar-refractivity contribution in [2.45, 2.75) is 6.18 Å². The molecule has 0 aliphatic heterocycles. The van der Waals surface area contributed by atoms with E-state index in [1.54, 1.807) is 18.2 Å². The van der Waals surface area contributed by atoms with E-state index in [4.69, 9.17) is 0 Å². The zero-order valence-electron chi connectivity index (χ0n) is 7.35. The molecule has 15 heavy (non-hydrogen) atoms. The van der Waals surface area contributed by atoms with Crippen LogP contribution in [0, 0.1) is 0 Å². The third-order valence-corrected chi connectivity index (χ3v) is 2.69. The van der Waals surface area contributed by atoms with E-state index >= 15 is 0 Å². The fourth-order valence-electron chi connectivity index (χ4n) is 1.29. The van der Waals surface area contributed by atoms with Gasteiger partial charge in [0.15, 0.2) is 0 Å². The lowest BCUT2D eigenvalue weighted by molar-refractivity contribution is -0.141. The van der Waals surface area contributed by atoms with Crippen LogP contribution in [0.4, 0.5) is 13.2 Å². The summed E-state index contributed by atoms with van der Waals surface area (Å²) in [5.74, 6) is 0. The molecule has 5 heteroatoms. The van der Waals surface area contributed by atoms with Gasteiger partial charge in [0.2, 0.25) is 0 Å². The predicted octanol–water partition coefficient (Wildman–Crippen LogP) is 4.02. The van der Waals surface area contributed by atoms with E-state index in [2.05, 4.69) is 20.9 Å². The lowest BCUT2D eigenvalue weighted by atomic mass is 10.1. The average Bonchev–Trinajstić information content (AvgIpc) is 2.16. The van der Waals surface area contributed by atoms with Gasteiger partial charge in [-0.05, 0) is 17.5 Å². The maximum absolute atomic E-state index is 12.3. The summed E-state index contributed by atoms with van der Waals surface area (Å²) >= 11 is 3.25. The molecule has 1 nitrogen and oxygen atoms in total. The van der Waals surface area contributed by atoms with Gasteiger partial charge in [-0.3, -0.25) is 4.98 Å². The largest absolute Gasteiger partial charge is 0.433 e. The summed E-state index contributed by atoms with van der Waals surface area (Å²) in [4.78, 5) is 3.38. The minimum Gasteiger partial charge on any atom is -0.251 e. The molecule has 1 aromatic carbocycles. The Bertz CT molecular complexity index is 507. The van der Waals surface area contributed by atoms with Crippen LogP contribution in [0.3, 0.4) is 0 Å². The molecule has 1 aromatic heterocycles. The second kappa shape index (κ2) is 3.48. The first kappa shape index (κ1) is 10.4. The first-order valence-corrected chi connectivity index (χ1v) is 4.89. The van der Waals surface area contributed by atoms with Crippen LogP contribution in [0.25, 0.3) is 10.8 Å². The van der Waals surface area contributed by atoms with Gasteiger partial charge in [0.05, 0.1) is 0 Å². The van der Waals surface area contributed by atoms with E-state index in [1.807, 2.05) is 0 Å². The summed E-state index contributed by atoms with van der Waals surface area (Å²) in [6.07, 6.45) is -3.17. The summed E-state index contributed by atoms with van der Waals surface area (Å²) < 4.78 is 37.8. The third kappa shape index (κ3) is 1.97. The molecule has 0 bridgehead atoms. The van der Waals surface area contributed by atoms with Gasteiger partial charge < -0.3 is 0 Å². The molecular formula is C10H5BrF3N. The number of fused-ring (bicyclic) bond motifs is 1.